The second kappa shape index (κ2) is 7.98. The Balaban J connectivity index is 1.49. The summed E-state index contributed by atoms with van der Waals surface area (Å²) in [6.45, 7) is 0.323. The SMILES string of the molecule is O=C(/C=C/c1cccc([N+](=O)[O-])c1)OC/C=C\c1ccc2c(c1)OCO2. The van der Waals surface area contributed by atoms with Gasteiger partial charge in [-0.2, -0.15) is 0 Å². The molecule has 7 heteroatoms. The van der Waals surface area contributed by atoms with Gasteiger partial charge in [0, 0.05) is 18.2 Å². The van der Waals surface area contributed by atoms with Gasteiger partial charge in [0.2, 0.25) is 6.79 Å². The third-order valence-electron chi connectivity index (χ3n) is 3.52. The molecule has 0 N–H and O–H groups in total. The molecule has 0 spiro atoms. The van der Waals surface area contributed by atoms with E-state index in [-0.39, 0.29) is 19.1 Å². The lowest BCUT2D eigenvalue weighted by atomic mass is 10.2. The van der Waals surface area contributed by atoms with Crippen LogP contribution in [-0.2, 0) is 9.53 Å². The highest BCUT2D eigenvalue weighted by Gasteiger charge is 2.12. The summed E-state index contributed by atoms with van der Waals surface area (Å²) in [5, 5.41) is 10.7. The summed E-state index contributed by atoms with van der Waals surface area (Å²) >= 11 is 0. The first-order chi connectivity index (χ1) is 12.6. The second-order valence-electron chi connectivity index (χ2n) is 5.33. The Morgan fingerprint density at radius 1 is 1.12 bits per heavy atom. The Bertz CT molecular complexity index is 887. The summed E-state index contributed by atoms with van der Waals surface area (Å²) in [7, 11) is 0. The zero-order valence-electron chi connectivity index (χ0n) is 13.7. The molecule has 2 aromatic rings. The quantitative estimate of drug-likeness (QED) is 0.341. The van der Waals surface area contributed by atoms with E-state index in [1.807, 2.05) is 18.2 Å². The fourth-order valence-electron chi connectivity index (χ4n) is 2.29. The van der Waals surface area contributed by atoms with E-state index in [0.717, 1.165) is 5.56 Å². The largest absolute Gasteiger partial charge is 0.458 e. The number of esters is 1. The molecule has 1 aliphatic heterocycles. The molecule has 0 radical (unpaired) electrons. The maximum atomic E-state index is 11.7. The van der Waals surface area contributed by atoms with E-state index in [1.54, 1.807) is 24.3 Å². The first kappa shape index (κ1) is 17.2. The van der Waals surface area contributed by atoms with Crippen molar-refractivity contribution in [2.75, 3.05) is 13.4 Å². The third-order valence-corrected chi connectivity index (χ3v) is 3.52. The number of hydrogen-bond donors (Lipinski definition) is 0. The minimum Gasteiger partial charge on any atom is -0.458 e. The van der Waals surface area contributed by atoms with Gasteiger partial charge in [-0.15, -0.1) is 0 Å². The van der Waals surface area contributed by atoms with Crippen molar-refractivity contribution >= 4 is 23.8 Å². The Labute approximate surface area is 149 Å². The Morgan fingerprint density at radius 3 is 2.77 bits per heavy atom. The van der Waals surface area contributed by atoms with Crippen LogP contribution in [0, 0.1) is 10.1 Å². The van der Waals surface area contributed by atoms with Crippen LogP contribution in [0.25, 0.3) is 12.2 Å². The predicted octanol–water partition coefficient (Wildman–Crippen LogP) is 3.59. The number of hydrogen-bond acceptors (Lipinski definition) is 6. The smallest absolute Gasteiger partial charge is 0.331 e. The van der Waals surface area contributed by atoms with Gasteiger partial charge in [-0.25, -0.2) is 4.79 Å². The van der Waals surface area contributed by atoms with Crippen molar-refractivity contribution in [2.45, 2.75) is 0 Å². The molecule has 0 saturated carbocycles. The number of nitrogens with zero attached hydrogens (tertiary/aromatic N) is 1. The van der Waals surface area contributed by atoms with Crippen LogP contribution >= 0.6 is 0 Å². The molecule has 1 aliphatic rings. The molecule has 0 aromatic heterocycles. The minimum atomic E-state index is -0.535. The highest BCUT2D eigenvalue weighted by molar-refractivity contribution is 5.87. The number of carbonyl (C=O) groups excluding carboxylic acids is 1. The maximum Gasteiger partial charge on any atom is 0.331 e. The van der Waals surface area contributed by atoms with Crippen molar-refractivity contribution < 1.29 is 23.9 Å². The summed E-state index contributed by atoms with van der Waals surface area (Å²) in [5.41, 5.74) is 1.41. The summed E-state index contributed by atoms with van der Waals surface area (Å²) in [6.07, 6.45) is 6.21. The molecule has 2 aromatic carbocycles. The molecule has 3 rings (SSSR count). The number of benzene rings is 2. The lowest BCUT2D eigenvalue weighted by Crippen LogP contribution is -1.99. The number of nitro groups is 1. The minimum absolute atomic E-state index is 0.0350. The number of nitro benzene ring substituents is 1. The Hall–Kier alpha value is -3.61. The Kier molecular flexibility index (Phi) is 5.28. The zero-order chi connectivity index (χ0) is 18.4. The highest BCUT2D eigenvalue weighted by atomic mass is 16.7. The average molecular weight is 353 g/mol. The third kappa shape index (κ3) is 4.47. The van der Waals surface area contributed by atoms with Gasteiger partial charge in [0.15, 0.2) is 11.5 Å². The molecule has 26 heavy (non-hydrogen) atoms. The molecule has 132 valence electrons. The van der Waals surface area contributed by atoms with Crippen molar-refractivity contribution in [3.63, 3.8) is 0 Å². The molecule has 7 nitrogen and oxygen atoms in total. The van der Waals surface area contributed by atoms with Crippen LogP contribution < -0.4 is 9.47 Å². The van der Waals surface area contributed by atoms with Gasteiger partial charge in [-0.05, 0) is 35.4 Å². The molecule has 0 fully saturated rings. The first-order valence-electron chi connectivity index (χ1n) is 7.77. The molecule has 0 amide bonds. The first-order valence-corrected chi connectivity index (χ1v) is 7.77. The van der Waals surface area contributed by atoms with Gasteiger partial charge < -0.3 is 14.2 Å². The van der Waals surface area contributed by atoms with Crippen molar-refractivity contribution in [2.24, 2.45) is 0 Å². The van der Waals surface area contributed by atoms with E-state index >= 15 is 0 Å². The lowest BCUT2D eigenvalue weighted by molar-refractivity contribution is -0.384. The number of ether oxygens (including phenoxy) is 3. The summed E-state index contributed by atoms with van der Waals surface area (Å²) in [5.74, 6) is 0.857. The maximum absolute atomic E-state index is 11.7. The Morgan fingerprint density at radius 2 is 1.92 bits per heavy atom. The molecule has 0 unspecified atom stereocenters. The van der Waals surface area contributed by atoms with E-state index in [2.05, 4.69) is 0 Å². The average Bonchev–Trinajstić information content (AvgIpc) is 3.11. The van der Waals surface area contributed by atoms with Gasteiger partial charge in [0.25, 0.3) is 5.69 Å². The van der Waals surface area contributed by atoms with Gasteiger partial charge in [0.1, 0.15) is 6.61 Å². The van der Waals surface area contributed by atoms with Crippen LogP contribution in [0.15, 0.2) is 54.6 Å². The molecule has 0 aliphatic carbocycles. The molecule has 1 heterocycles. The number of fused-ring (bicyclic) bond motifs is 1. The predicted molar refractivity (Wildman–Crippen MR) is 94.7 cm³/mol. The zero-order valence-corrected chi connectivity index (χ0v) is 13.7. The standard InChI is InChI=1S/C19H15NO6/c21-19(9-7-14-3-1-5-16(11-14)20(22)23)24-10-2-4-15-6-8-17-18(12-15)26-13-25-17/h1-9,11-12H,10,13H2/b4-2-,9-7+. The van der Waals surface area contributed by atoms with E-state index in [1.165, 1.54) is 24.3 Å². The normalized spacial score (nSPS) is 12.6. The van der Waals surface area contributed by atoms with Crippen molar-refractivity contribution in [3.05, 3.63) is 75.9 Å². The van der Waals surface area contributed by atoms with Crippen molar-refractivity contribution in [1.29, 1.82) is 0 Å². The van der Waals surface area contributed by atoms with Crippen molar-refractivity contribution in [3.8, 4) is 11.5 Å². The summed E-state index contributed by atoms with van der Waals surface area (Å²) in [4.78, 5) is 21.9. The van der Waals surface area contributed by atoms with Crippen LogP contribution in [0.4, 0.5) is 5.69 Å². The fourth-order valence-corrected chi connectivity index (χ4v) is 2.29. The summed E-state index contributed by atoms with van der Waals surface area (Å²) in [6, 6.07) is 11.5. The van der Waals surface area contributed by atoms with Crippen LogP contribution in [0.2, 0.25) is 0 Å². The molecular weight excluding hydrogens is 338 g/mol. The van der Waals surface area contributed by atoms with Crippen LogP contribution in [0.5, 0.6) is 11.5 Å². The number of rotatable bonds is 6. The monoisotopic (exact) mass is 353 g/mol. The van der Waals surface area contributed by atoms with Gasteiger partial charge in [0.05, 0.1) is 4.92 Å². The summed E-state index contributed by atoms with van der Waals surface area (Å²) < 4.78 is 15.6. The van der Waals surface area contributed by atoms with Crippen molar-refractivity contribution in [1.82, 2.24) is 0 Å². The fraction of sp³-hybridized carbons (Fsp3) is 0.105. The van der Waals surface area contributed by atoms with Gasteiger partial charge >= 0.3 is 5.97 Å². The number of non-ortho nitro benzene ring substituents is 1. The van der Waals surface area contributed by atoms with E-state index < -0.39 is 10.9 Å². The molecule has 0 bridgehead atoms. The molecule has 0 atom stereocenters. The van der Waals surface area contributed by atoms with E-state index in [4.69, 9.17) is 14.2 Å². The highest BCUT2D eigenvalue weighted by Crippen LogP contribution is 2.32. The van der Waals surface area contributed by atoms with E-state index in [0.29, 0.717) is 17.1 Å². The van der Waals surface area contributed by atoms with Crippen LogP contribution in [0.3, 0.4) is 0 Å². The van der Waals surface area contributed by atoms with E-state index in [9.17, 15) is 14.9 Å². The topological polar surface area (TPSA) is 87.9 Å². The lowest BCUT2D eigenvalue weighted by Gasteiger charge is -1.99. The second-order valence-corrected chi connectivity index (χ2v) is 5.33. The van der Waals surface area contributed by atoms with Crippen LogP contribution in [-0.4, -0.2) is 24.3 Å². The van der Waals surface area contributed by atoms with Crippen LogP contribution in [0.1, 0.15) is 11.1 Å². The number of carbonyl (C=O) groups is 1. The van der Waals surface area contributed by atoms with Gasteiger partial charge in [-0.1, -0.05) is 24.3 Å². The molecular formula is C19H15NO6. The van der Waals surface area contributed by atoms with Gasteiger partial charge in [-0.3, -0.25) is 10.1 Å². The molecule has 0 saturated heterocycles.